The summed E-state index contributed by atoms with van der Waals surface area (Å²) in [6, 6.07) is 0. The lowest BCUT2D eigenvalue weighted by Crippen LogP contribution is -2.26. The molecule has 0 aromatic carbocycles. The van der Waals surface area contributed by atoms with Gasteiger partial charge in [-0.3, -0.25) is 0 Å². The molecule has 1 unspecified atom stereocenters. The Morgan fingerprint density at radius 3 is 2.62 bits per heavy atom. The molecule has 1 rings (SSSR count). The van der Waals surface area contributed by atoms with Gasteiger partial charge >= 0.3 is 6.18 Å². The Labute approximate surface area is 93.4 Å². The van der Waals surface area contributed by atoms with E-state index in [2.05, 4.69) is 5.32 Å². The van der Waals surface area contributed by atoms with E-state index in [4.69, 9.17) is 4.78 Å². The Morgan fingerprint density at radius 2 is 2.12 bits per heavy atom. The summed E-state index contributed by atoms with van der Waals surface area (Å²) in [5, 5.41) is 1.73. The summed E-state index contributed by atoms with van der Waals surface area (Å²) in [6.45, 7) is 1.71. The van der Waals surface area contributed by atoms with Crippen molar-refractivity contribution >= 4 is 10.6 Å². The summed E-state index contributed by atoms with van der Waals surface area (Å²) >= 11 is 0. The van der Waals surface area contributed by atoms with Crippen molar-refractivity contribution in [3.63, 3.8) is 0 Å². The zero-order chi connectivity index (χ0) is 12.3. The summed E-state index contributed by atoms with van der Waals surface area (Å²) in [4.78, 5) is 0. The Bertz CT molecular complexity index is 388. The molecule has 0 fully saturated rings. The number of rotatable bonds is 2. The van der Waals surface area contributed by atoms with Crippen LogP contribution in [0.25, 0.3) is 0 Å². The molecule has 1 aliphatic heterocycles. The van der Waals surface area contributed by atoms with Crippen LogP contribution in [0.1, 0.15) is 13.3 Å². The third-order valence-electron chi connectivity index (χ3n) is 2.34. The van der Waals surface area contributed by atoms with Crippen LogP contribution in [-0.2, 0) is 14.8 Å². The molecule has 3 nitrogen and oxygen atoms in total. The van der Waals surface area contributed by atoms with E-state index in [1.807, 2.05) is 0 Å². The summed E-state index contributed by atoms with van der Waals surface area (Å²) in [5.41, 5.74) is -0.203. The van der Waals surface area contributed by atoms with E-state index >= 15 is 0 Å². The first-order valence-corrected chi connectivity index (χ1v) is 5.87. The SMILES string of the molecule is CC(C1=CC=C(C(F)(F)F)NCC1)[S-](=N)=O. The maximum Gasteiger partial charge on any atom is 0.430 e. The van der Waals surface area contributed by atoms with Crippen molar-refractivity contribution in [2.24, 2.45) is 0 Å². The van der Waals surface area contributed by atoms with Gasteiger partial charge in [0.15, 0.2) is 0 Å². The van der Waals surface area contributed by atoms with Gasteiger partial charge in [0.05, 0.1) is 0 Å². The fourth-order valence-corrected chi connectivity index (χ4v) is 1.82. The van der Waals surface area contributed by atoms with Crippen LogP contribution >= 0.6 is 0 Å². The second-order valence-electron chi connectivity index (χ2n) is 3.44. The van der Waals surface area contributed by atoms with Gasteiger partial charge in [-0.25, -0.2) is 0 Å². The fourth-order valence-electron chi connectivity index (χ4n) is 1.35. The molecule has 0 aromatic rings. The minimum absolute atomic E-state index is 0.138. The van der Waals surface area contributed by atoms with Gasteiger partial charge in [-0.1, -0.05) is 23.8 Å². The van der Waals surface area contributed by atoms with Gasteiger partial charge < -0.3 is 14.3 Å². The van der Waals surface area contributed by atoms with E-state index in [1.54, 1.807) is 6.92 Å². The largest absolute Gasteiger partial charge is 0.444 e. The highest BCUT2D eigenvalue weighted by Crippen LogP contribution is 2.25. The Morgan fingerprint density at radius 1 is 1.50 bits per heavy atom. The topological polar surface area (TPSA) is 53.0 Å². The third-order valence-corrected chi connectivity index (χ3v) is 3.29. The van der Waals surface area contributed by atoms with Crippen molar-refractivity contribution in [3.8, 4) is 0 Å². The van der Waals surface area contributed by atoms with Crippen LogP contribution in [0.2, 0.25) is 0 Å². The number of hydrogen-bond acceptors (Lipinski definition) is 4. The van der Waals surface area contributed by atoms with Gasteiger partial charge in [0.2, 0.25) is 0 Å². The molecule has 0 aliphatic carbocycles. The third kappa shape index (κ3) is 3.26. The molecular formula is C9H12F3N2OS-. The maximum atomic E-state index is 12.4. The molecule has 0 bridgehead atoms. The first-order chi connectivity index (χ1) is 7.32. The Kier molecular flexibility index (Phi) is 4.01. The predicted octanol–water partition coefficient (Wildman–Crippen LogP) is 2.47. The van der Waals surface area contributed by atoms with Gasteiger partial charge in [0.1, 0.15) is 5.70 Å². The highest BCUT2D eigenvalue weighted by molar-refractivity contribution is 7.74. The molecule has 0 saturated heterocycles. The molecule has 0 saturated carbocycles. The summed E-state index contributed by atoms with van der Waals surface area (Å²) in [7, 11) is -1.80. The van der Waals surface area contributed by atoms with Crippen molar-refractivity contribution < 1.29 is 17.4 Å². The monoisotopic (exact) mass is 253 g/mol. The zero-order valence-electron chi connectivity index (χ0n) is 8.60. The minimum Gasteiger partial charge on any atom is -0.444 e. The second kappa shape index (κ2) is 4.90. The number of nitrogens with one attached hydrogen (secondary N) is 2. The van der Waals surface area contributed by atoms with E-state index in [0.29, 0.717) is 12.0 Å². The van der Waals surface area contributed by atoms with Crippen molar-refractivity contribution in [3.05, 3.63) is 23.4 Å². The molecule has 92 valence electrons. The van der Waals surface area contributed by atoms with Gasteiger partial charge in [-0.05, 0) is 12.5 Å². The lowest BCUT2D eigenvalue weighted by molar-refractivity contribution is -0.0965. The van der Waals surface area contributed by atoms with Gasteiger partial charge in [0.25, 0.3) is 0 Å². The normalized spacial score (nSPS) is 19.6. The van der Waals surface area contributed by atoms with Crippen LogP contribution in [-0.4, -0.2) is 18.0 Å². The first-order valence-electron chi connectivity index (χ1n) is 4.66. The standard InChI is InChI=1S/C9H12F3N2OS/c1-6(16(13)15)7-2-3-8(9(10,11)12)14-5-4-7/h2-3,6,13-14H,4-5H2,1H3/q-1. The van der Waals surface area contributed by atoms with Crippen molar-refractivity contribution in [2.75, 3.05) is 6.54 Å². The van der Waals surface area contributed by atoms with Crippen LogP contribution in [0.4, 0.5) is 13.2 Å². The predicted molar refractivity (Wildman–Crippen MR) is 55.1 cm³/mol. The first kappa shape index (κ1) is 13.1. The molecule has 1 heterocycles. The van der Waals surface area contributed by atoms with E-state index in [0.717, 1.165) is 6.08 Å². The molecule has 2 N–H and O–H groups in total. The van der Waals surface area contributed by atoms with Crippen LogP contribution in [0.5, 0.6) is 0 Å². The lowest BCUT2D eigenvalue weighted by Gasteiger charge is -2.16. The maximum absolute atomic E-state index is 12.4. The van der Waals surface area contributed by atoms with E-state index in [-0.39, 0.29) is 6.54 Å². The smallest absolute Gasteiger partial charge is 0.430 e. The molecular weight excluding hydrogens is 241 g/mol. The Hall–Kier alpha value is -0.980. The minimum atomic E-state index is -4.39. The summed E-state index contributed by atoms with van der Waals surface area (Å²) < 4.78 is 55.0. The van der Waals surface area contributed by atoms with Crippen LogP contribution in [0.3, 0.4) is 0 Å². The molecule has 0 amide bonds. The quantitative estimate of drug-likeness (QED) is 0.743. The summed E-state index contributed by atoms with van der Waals surface area (Å²) in [5.74, 6) is 0. The van der Waals surface area contributed by atoms with Gasteiger partial charge in [-0.15, -0.1) is 0 Å². The van der Waals surface area contributed by atoms with E-state index in [1.165, 1.54) is 6.08 Å². The molecule has 0 radical (unpaired) electrons. The van der Waals surface area contributed by atoms with Crippen molar-refractivity contribution in [1.82, 2.24) is 5.32 Å². The highest BCUT2D eigenvalue weighted by Gasteiger charge is 2.33. The number of alkyl halides is 3. The number of halogens is 3. The van der Waals surface area contributed by atoms with Gasteiger partial charge in [-0.2, -0.15) is 23.8 Å². The second-order valence-corrected chi connectivity index (χ2v) is 4.74. The molecule has 0 aromatic heterocycles. The fraction of sp³-hybridized carbons (Fsp3) is 0.556. The van der Waals surface area contributed by atoms with E-state index < -0.39 is 27.7 Å². The van der Waals surface area contributed by atoms with Gasteiger partial charge in [0, 0.05) is 6.54 Å². The van der Waals surface area contributed by atoms with E-state index in [9.17, 15) is 17.4 Å². The number of allylic oxidation sites excluding steroid dienone is 3. The average Bonchev–Trinajstić information content (AvgIpc) is 2.40. The summed E-state index contributed by atoms with van der Waals surface area (Å²) in [6.07, 6.45) is -1.79. The molecule has 7 heteroatoms. The zero-order valence-corrected chi connectivity index (χ0v) is 9.41. The van der Waals surface area contributed by atoms with Crippen molar-refractivity contribution in [1.29, 1.82) is 4.78 Å². The van der Waals surface area contributed by atoms with Crippen molar-refractivity contribution in [2.45, 2.75) is 24.8 Å². The van der Waals surface area contributed by atoms with Crippen LogP contribution in [0, 0.1) is 4.78 Å². The van der Waals surface area contributed by atoms with Crippen LogP contribution in [0.15, 0.2) is 23.4 Å². The molecule has 1 aliphatic rings. The molecule has 0 spiro atoms. The lowest BCUT2D eigenvalue weighted by atomic mass is 10.1. The van der Waals surface area contributed by atoms with Crippen LogP contribution < -0.4 is 5.32 Å². The average molecular weight is 253 g/mol. The highest BCUT2D eigenvalue weighted by atomic mass is 32.2. The molecule has 1 atom stereocenters. The molecule has 16 heavy (non-hydrogen) atoms. The Balaban J connectivity index is 2.93. The number of hydrogen-bond donors (Lipinski definition) is 2.